The third-order valence-corrected chi connectivity index (χ3v) is 5.95. The van der Waals surface area contributed by atoms with Crippen molar-refractivity contribution in [2.45, 2.75) is 31.8 Å². The molecule has 0 saturated heterocycles. The molecule has 1 aliphatic carbocycles. The monoisotopic (exact) mass is 469 g/mol. The van der Waals surface area contributed by atoms with E-state index in [2.05, 4.69) is 0 Å². The number of Topliss-reactive ketones (excluding diaryl/α,β-unsaturated/α-hetero) is 1. The first-order chi connectivity index (χ1) is 15.9. The van der Waals surface area contributed by atoms with E-state index in [9.17, 15) is 9.59 Å². The highest BCUT2D eigenvalue weighted by molar-refractivity contribution is 6.30. The number of esters is 1. The topological polar surface area (TPSA) is 97.1 Å². The van der Waals surface area contributed by atoms with E-state index in [1.807, 2.05) is 6.07 Å². The number of halogens is 1. The molecule has 2 aromatic carbocycles. The average molecular weight is 470 g/mol. The molecule has 7 nitrogen and oxygen atoms in total. The van der Waals surface area contributed by atoms with E-state index < -0.39 is 11.9 Å². The maximum absolute atomic E-state index is 12.9. The van der Waals surface area contributed by atoms with E-state index in [-0.39, 0.29) is 23.8 Å². The minimum Gasteiger partial charge on any atom is -0.496 e. The molecule has 0 radical (unpaired) electrons. The summed E-state index contributed by atoms with van der Waals surface area (Å²) in [4.78, 5) is 25.6. The second kappa shape index (κ2) is 9.58. The fraction of sp³-hybridized carbons (Fsp3) is 0.280. The molecule has 0 saturated carbocycles. The van der Waals surface area contributed by atoms with Crippen LogP contribution in [0.4, 0.5) is 0 Å². The van der Waals surface area contributed by atoms with E-state index in [0.717, 1.165) is 5.56 Å². The van der Waals surface area contributed by atoms with Crippen molar-refractivity contribution < 1.29 is 28.5 Å². The third-order valence-electron chi connectivity index (χ3n) is 5.72. The van der Waals surface area contributed by atoms with Gasteiger partial charge in [-0.25, -0.2) is 4.79 Å². The van der Waals surface area contributed by atoms with E-state index in [1.54, 1.807) is 43.5 Å². The number of ketones is 1. The van der Waals surface area contributed by atoms with Gasteiger partial charge in [0.2, 0.25) is 5.88 Å². The second-order valence-corrected chi connectivity index (χ2v) is 8.17. The highest BCUT2D eigenvalue weighted by Crippen LogP contribution is 2.44. The number of benzene rings is 2. The van der Waals surface area contributed by atoms with Crippen LogP contribution in [0.2, 0.25) is 5.02 Å². The van der Waals surface area contributed by atoms with Gasteiger partial charge in [-0.2, -0.15) is 0 Å². The van der Waals surface area contributed by atoms with Gasteiger partial charge in [0, 0.05) is 29.0 Å². The van der Waals surface area contributed by atoms with Gasteiger partial charge >= 0.3 is 5.97 Å². The molecule has 0 aromatic heterocycles. The lowest BCUT2D eigenvalue weighted by Crippen LogP contribution is -2.31. The Morgan fingerprint density at radius 3 is 2.73 bits per heavy atom. The maximum Gasteiger partial charge on any atom is 0.340 e. The number of ether oxygens (including phenoxy) is 4. The van der Waals surface area contributed by atoms with E-state index in [4.69, 9.17) is 36.3 Å². The van der Waals surface area contributed by atoms with Crippen LogP contribution in [-0.4, -0.2) is 26.0 Å². The number of hydrogen-bond donors (Lipinski definition) is 1. The highest BCUT2D eigenvalue weighted by Gasteiger charge is 2.41. The Balaban J connectivity index is 1.76. The molecule has 0 fully saturated rings. The van der Waals surface area contributed by atoms with Crippen molar-refractivity contribution in [1.82, 2.24) is 0 Å². The van der Waals surface area contributed by atoms with Crippen molar-refractivity contribution in [3.63, 3.8) is 0 Å². The summed E-state index contributed by atoms with van der Waals surface area (Å²) in [5.41, 5.74) is 8.11. The molecule has 1 atom stereocenters. The Labute approximate surface area is 196 Å². The van der Waals surface area contributed by atoms with Crippen LogP contribution in [0, 0.1) is 0 Å². The molecule has 2 aliphatic rings. The van der Waals surface area contributed by atoms with E-state index in [0.29, 0.717) is 52.7 Å². The maximum atomic E-state index is 12.9. The summed E-state index contributed by atoms with van der Waals surface area (Å²) in [5, 5.41) is 0.564. The van der Waals surface area contributed by atoms with Crippen LogP contribution in [0.25, 0.3) is 0 Å². The quantitative estimate of drug-likeness (QED) is 0.626. The van der Waals surface area contributed by atoms with Crippen LogP contribution < -0.4 is 15.2 Å². The first-order valence-electron chi connectivity index (χ1n) is 10.5. The largest absolute Gasteiger partial charge is 0.496 e. The van der Waals surface area contributed by atoms with Crippen LogP contribution in [0.15, 0.2) is 65.3 Å². The molecule has 1 unspecified atom stereocenters. The van der Waals surface area contributed by atoms with Gasteiger partial charge in [-0.05, 0) is 42.3 Å². The highest BCUT2D eigenvalue weighted by atomic mass is 35.5. The zero-order valence-electron chi connectivity index (χ0n) is 18.4. The second-order valence-electron chi connectivity index (χ2n) is 7.74. The number of carbonyl (C=O) groups excluding carboxylic acids is 2. The first-order valence-corrected chi connectivity index (χ1v) is 10.9. The third kappa shape index (κ3) is 4.54. The number of hydrogen-bond acceptors (Lipinski definition) is 7. The number of nitrogens with two attached hydrogens (primary N) is 1. The predicted molar refractivity (Wildman–Crippen MR) is 122 cm³/mol. The minimum atomic E-state index is -0.704. The van der Waals surface area contributed by atoms with E-state index >= 15 is 0 Å². The summed E-state index contributed by atoms with van der Waals surface area (Å²) in [5.74, 6) is 0.255. The SMILES string of the molecule is COC(=O)C1=C(N)OC2=C(C(=O)CCC2)C1c1ccc(OC)c(COc2cccc(Cl)c2)c1. The van der Waals surface area contributed by atoms with Gasteiger partial charge in [-0.3, -0.25) is 4.79 Å². The molecule has 1 aliphatic heterocycles. The number of carbonyl (C=O) groups is 2. The fourth-order valence-electron chi connectivity index (χ4n) is 4.21. The molecule has 172 valence electrons. The van der Waals surface area contributed by atoms with Crippen molar-refractivity contribution in [2.75, 3.05) is 14.2 Å². The normalized spacial score (nSPS) is 17.9. The van der Waals surface area contributed by atoms with Gasteiger partial charge in [-0.1, -0.05) is 23.7 Å². The zero-order chi connectivity index (χ0) is 23.5. The fourth-order valence-corrected chi connectivity index (χ4v) is 4.39. The summed E-state index contributed by atoms with van der Waals surface area (Å²) in [6.45, 7) is 0.188. The van der Waals surface area contributed by atoms with Crippen molar-refractivity contribution in [3.8, 4) is 11.5 Å². The summed E-state index contributed by atoms with van der Waals surface area (Å²) >= 11 is 6.05. The summed E-state index contributed by atoms with van der Waals surface area (Å²) in [6.07, 6.45) is 1.63. The molecular weight excluding hydrogens is 446 g/mol. The Hall–Kier alpha value is -3.45. The van der Waals surface area contributed by atoms with E-state index in [1.165, 1.54) is 7.11 Å². The van der Waals surface area contributed by atoms with Crippen molar-refractivity contribution in [1.29, 1.82) is 0 Å². The van der Waals surface area contributed by atoms with Gasteiger partial charge in [-0.15, -0.1) is 0 Å². The predicted octanol–water partition coefficient (Wildman–Crippen LogP) is 4.39. The zero-order valence-corrected chi connectivity index (χ0v) is 19.1. The average Bonchev–Trinajstić information content (AvgIpc) is 2.81. The lowest BCUT2D eigenvalue weighted by Gasteiger charge is -2.32. The van der Waals surface area contributed by atoms with Crippen LogP contribution in [0.5, 0.6) is 11.5 Å². The molecule has 2 aromatic rings. The molecule has 1 heterocycles. The van der Waals surface area contributed by atoms with Gasteiger partial charge in [0.15, 0.2) is 5.78 Å². The Morgan fingerprint density at radius 2 is 2.00 bits per heavy atom. The Bertz CT molecular complexity index is 1170. The number of allylic oxidation sites excluding steroid dienone is 2. The standard InChI is InChI=1S/C25H24ClNO6/c1-30-19-10-9-14(11-15(19)13-32-17-6-3-5-16(26)12-17)21-22-18(28)7-4-8-20(22)33-24(27)23(21)25(29)31-2/h3,5-6,9-12,21H,4,7-8,13,27H2,1-2H3. The molecule has 4 rings (SSSR count). The van der Waals surface area contributed by atoms with Crippen molar-refractivity contribution >= 4 is 23.4 Å². The molecule has 0 amide bonds. The Kier molecular flexibility index (Phi) is 6.60. The molecular formula is C25H24ClNO6. The number of methoxy groups -OCH3 is 2. The molecule has 8 heteroatoms. The van der Waals surface area contributed by atoms with Crippen LogP contribution in [0.3, 0.4) is 0 Å². The van der Waals surface area contributed by atoms with Crippen molar-refractivity contribution in [3.05, 3.63) is 81.4 Å². The van der Waals surface area contributed by atoms with Gasteiger partial charge in [0.25, 0.3) is 0 Å². The Morgan fingerprint density at radius 1 is 1.18 bits per heavy atom. The van der Waals surface area contributed by atoms with Crippen LogP contribution >= 0.6 is 11.6 Å². The lowest BCUT2D eigenvalue weighted by molar-refractivity contribution is -0.136. The lowest BCUT2D eigenvalue weighted by atomic mass is 9.77. The summed E-state index contributed by atoms with van der Waals surface area (Å²) < 4.78 is 22.1. The van der Waals surface area contributed by atoms with Gasteiger partial charge in [0.1, 0.15) is 29.4 Å². The molecule has 0 spiro atoms. The van der Waals surface area contributed by atoms with Crippen LogP contribution in [-0.2, 0) is 25.7 Å². The number of rotatable bonds is 6. The molecule has 0 bridgehead atoms. The smallest absolute Gasteiger partial charge is 0.340 e. The molecule has 33 heavy (non-hydrogen) atoms. The van der Waals surface area contributed by atoms with Gasteiger partial charge in [0.05, 0.1) is 20.1 Å². The molecule has 2 N–H and O–H groups in total. The summed E-state index contributed by atoms with van der Waals surface area (Å²) in [6, 6.07) is 12.5. The van der Waals surface area contributed by atoms with Crippen molar-refractivity contribution in [2.24, 2.45) is 5.73 Å². The van der Waals surface area contributed by atoms with Gasteiger partial charge < -0.3 is 24.7 Å². The first kappa shape index (κ1) is 22.7. The summed E-state index contributed by atoms with van der Waals surface area (Å²) in [7, 11) is 2.83. The minimum absolute atomic E-state index is 0.0483. The van der Waals surface area contributed by atoms with Crippen LogP contribution in [0.1, 0.15) is 36.3 Å².